The number of carbonyl (C=O) groups excluding carboxylic acids is 2. The first kappa shape index (κ1) is 25.3. The number of hydrogen-bond acceptors (Lipinski definition) is 5. The Kier molecular flexibility index (Phi) is 8.20. The third-order valence-electron chi connectivity index (χ3n) is 6.78. The van der Waals surface area contributed by atoms with Crippen LogP contribution in [0.4, 0.5) is 5.69 Å². The summed E-state index contributed by atoms with van der Waals surface area (Å²) in [6.07, 6.45) is 6.73. The molecule has 2 aromatic carbocycles. The quantitative estimate of drug-likeness (QED) is 0.611. The summed E-state index contributed by atoms with van der Waals surface area (Å²) in [5.74, 6) is -0.421. The zero-order valence-corrected chi connectivity index (χ0v) is 21.0. The zero-order valence-electron chi connectivity index (χ0n) is 20.2. The van der Waals surface area contributed by atoms with Crippen molar-refractivity contribution in [2.45, 2.75) is 44.7 Å². The number of sulfonamides is 1. The Morgan fingerprint density at radius 3 is 2.20 bits per heavy atom. The van der Waals surface area contributed by atoms with Gasteiger partial charge >= 0.3 is 0 Å². The van der Waals surface area contributed by atoms with Gasteiger partial charge in [-0.3, -0.25) is 14.5 Å². The van der Waals surface area contributed by atoms with Crippen molar-refractivity contribution in [2.24, 2.45) is 0 Å². The van der Waals surface area contributed by atoms with Crippen LogP contribution in [0.1, 0.15) is 58.4 Å². The summed E-state index contributed by atoms with van der Waals surface area (Å²) in [4.78, 5) is 28.0. The highest BCUT2D eigenvalue weighted by atomic mass is 32.2. The fourth-order valence-corrected chi connectivity index (χ4v) is 5.56. The molecule has 1 saturated heterocycles. The van der Waals surface area contributed by atoms with Crippen molar-refractivity contribution in [1.82, 2.24) is 14.5 Å². The molecule has 1 saturated carbocycles. The zero-order chi connectivity index (χ0) is 24.8. The minimum atomic E-state index is -3.14. The second kappa shape index (κ2) is 11.3. The van der Waals surface area contributed by atoms with Crippen molar-refractivity contribution in [3.63, 3.8) is 0 Å². The highest BCUT2D eigenvalue weighted by Crippen LogP contribution is 2.21. The second-order valence-electron chi connectivity index (χ2n) is 9.44. The molecule has 9 heteroatoms. The Morgan fingerprint density at radius 1 is 0.886 bits per heavy atom. The Hall–Kier alpha value is -2.75. The number of hydrogen-bond donors (Lipinski definition) is 2. The molecule has 0 atom stereocenters. The van der Waals surface area contributed by atoms with Crippen molar-refractivity contribution >= 4 is 27.5 Å². The van der Waals surface area contributed by atoms with Crippen LogP contribution in [0, 0.1) is 0 Å². The molecular weight excluding hydrogens is 464 g/mol. The topological polar surface area (TPSA) is 98.8 Å². The first-order valence-electron chi connectivity index (χ1n) is 12.3. The van der Waals surface area contributed by atoms with E-state index in [1.54, 1.807) is 36.4 Å². The van der Waals surface area contributed by atoms with E-state index in [9.17, 15) is 18.0 Å². The van der Waals surface area contributed by atoms with Gasteiger partial charge in [0.25, 0.3) is 11.8 Å². The van der Waals surface area contributed by atoms with Crippen LogP contribution < -0.4 is 10.6 Å². The van der Waals surface area contributed by atoms with Gasteiger partial charge in [0, 0.05) is 44.3 Å². The molecule has 1 aliphatic heterocycles. The van der Waals surface area contributed by atoms with Crippen LogP contribution in [-0.4, -0.2) is 67.9 Å². The number of para-hydroxylation sites is 1. The first-order chi connectivity index (χ1) is 16.8. The molecule has 1 heterocycles. The number of rotatable bonds is 7. The molecule has 0 unspecified atom stereocenters. The molecule has 35 heavy (non-hydrogen) atoms. The average Bonchev–Trinajstić information content (AvgIpc) is 2.85. The van der Waals surface area contributed by atoms with Crippen LogP contribution in [0.3, 0.4) is 0 Å². The molecule has 188 valence electrons. The molecular formula is C26H34N4O4S. The normalized spacial score (nSPS) is 18.2. The number of piperazine rings is 1. The summed E-state index contributed by atoms with van der Waals surface area (Å²) in [5.41, 5.74) is 2.54. The van der Waals surface area contributed by atoms with Crippen molar-refractivity contribution in [3.05, 3.63) is 65.2 Å². The van der Waals surface area contributed by atoms with Crippen LogP contribution in [0.25, 0.3) is 0 Å². The van der Waals surface area contributed by atoms with E-state index in [-0.39, 0.29) is 17.9 Å². The van der Waals surface area contributed by atoms with Crippen LogP contribution in [0.2, 0.25) is 0 Å². The molecule has 2 amide bonds. The van der Waals surface area contributed by atoms with Crippen molar-refractivity contribution < 1.29 is 18.0 Å². The summed E-state index contributed by atoms with van der Waals surface area (Å²) < 4.78 is 24.9. The van der Waals surface area contributed by atoms with Gasteiger partial charge in [-0.1, -0.05) is 43.5 Å². The highest BCUT2D eigenvalue weighted by Gasteiger charge is 2.23. The van der Waals surface area contributed by atoms with Gasteiger partial charge in [0.1, 0.15) is 0 Å². The molecule has 0 radical (unpaired) electrons. The fraction of sp³-hybridized carbons (Fsp3) is 0.462. The summed E-state index contributed by atoms with van der Waals surface area (Å²) in [7, 11) is -3.14. The van der Waals surface area contributed by atoms with E-state index in [1.807, 2.05) is 12.1 Å². The van der Waals surface area contributed by atoms with Crippen molar-refractivity contribution in [2.75, 3.05) is 37.8 Å². The molecule has 8 nitrogen and oxygen atoms in total. The van der Waals surface area contributed by atoms with Gasteiger partial charge in [-0.2, -0.15) is 4.31 Å². The van der Waals surface area contributed by atoms with Gasteiger partial charge in [0.2, 0.25) is 10.0 Å². The number of amides is 2. The Balaban J connectivity index is 1.34. The van der Waals surface area contributed by atoms with Crippen molar-refractivity contribution in [1.29, 1.82) is 0 Å². The standard InChI is InChI=1S/C26H34N4O4S/c1-35(33,34)30-17-15-29(16-18-30)19-20-11-13-21(14-12-20)25(31)28-24-10-6-5-9-23(24)26(32)27-22-7-3-2-4-8-22/h5-6,9-14,22H,2-4,7-8,15-19H2,1H3,(H,27,32)(H,28,31). The lowest BCUT2D eigenvalue weighted by Crippen LogP contribution is -2.47. The fourth-order valence-electron chi connectivity index (χ4n) is 4.73. The number of nitrogens with zero attached hydrogens (tertiary/aromatic N) is 2. The number of anilines is 1. The van der Waals surface area contributed by atoms with E-state index in [2.05, 4.69) is 15.5 Å². The lowest BCUT2D eigenvalue weighted by molar-refractivity contribution is 0.0928. The smallest absolute Gasteiger partial charge is 0.255 e. The van der Waals surface area contributed by atoms with E-state index in [4.69, 9.17) is 0 Å². The van der Waals surface area contributed by atoms with Gasteiger partial charge in [-0.25, -0.2) is 8.42 Å². The minimum absolute atomic E-state index is 0.154. The van der Waals surface area contributed by atoms with Gasteiger partial charge in [0.05, 0.1) is 17.5 Å². The predicted octanol–water partition coefficient (Wildman–Crippen LogP) is 3.08. The summed E-state index contributed by atoms with van der Waals surface area (Å²) in [6.45, 7) is 3.04. The highest BCUT2D eigenvalue weighted by molar-refractivity contribution is 7.88. The molecule has 4 rings (SSSR count). The summed E-state index contributed by atoms with van der Waals surface area (Å²) in [6, 6.07) is 14.7. The predicted molar refractivity (Wildman–Crippen MR) is 137 cm³/mol. The molecule has 1 aliphatic carbocycles. The van der Waals surface area contributed by atoms with E-state index < -0.39 is 10.0 Å². The first-order valence-corrected chi connectivity index (χ1v) is 14.1. The maximum atomic E-state index is 12.9. The molecule has 0 aromatic heterocycles. The monoisotopic (exact) mass is 498 g/mol. The number of carbonyl (C=O) groups is 2. The summed E-state index contributed by atoms with van der Waals surface area (Å²) >= 11 is 0. The molecule has 0 spiro atoms. The van der Waals surface area contributed by atoms with E-state index in [0.29, 0.717) is 49.5 Å². The number of nitrogens with one attached hydrogen (secondary N) is 2. The largest absolute Gasteiger partial charge is 0.349 e. The minimum Gasteiger partial charge on any atom is -0.349 e. The van der Waals surface area contributed by atoms with Crippen LogP contribution in [0.5, 0.6) is 0 Å². The lowest BCUT2D eigenvalue weighted by atomic mass is 9.95. The van der Waals surface area contributed by atoms with Crippen LogP contribution in [0.15, 0.2) is 48.5 Å². The van der Waals surface area contributed by atoms with Crippen LogP contribution >= 0.6 is 0 Å². The third-order valence-corrected chi connectivity index (χ3v) is 8.09. The SMILES string of the molecule is CS(=O)(=O)N1CCN(Cc2ccc(C(=O)Nc3ccccc3C(=O)NC3CCCCC3)cc2)CC1. The maximum Gasteiger partial charge on any atom is 0.255 e. The second-order valence-corrected chi connectivity index (χ2v) is 11.4. The van der Waals surface area contributed by atoms with Gasteiger partial charge < -0.3 is 10.6 Å². The Labute approximate surface area is 207 Å². The number of benzene rings is 2. The van der Waals surface area contributed by atoms with E-state index in [0.717, 1.165) is 31.2 Å². The molecule has 2 fully saturated rings. The average molecular weight is 499 g/mol. The lowest BCUT2D eigenvalue weighted by Gasteiger charge is -2.33. The maximum absolute atomic E-state index is 12.9. The Morgan fingerprint density at radius 2 is 1.54 bits per heavy atom. The Bertz CT molecular complexity index is 1140. The summed E-state index contributed by atoms with van der Waals surface area (Å²) in [5, 5.41) is 6.01. The molecule has 0 bridgehead atoms. The van der Waals surface area contributed by atoms with Crippen LogP contribution in [-0.2, 0) is 16.6 Å². The van der Waals surface area contributed by atoms with Gasteiger partial charge in [0.15, 0.2) is 0 Å². The van der Waals surface area contributed by atoms with E-state index >= 15 is 0 Å². The molecule has 2 aliphatic rings. The molecule has 2 N–H and O–H groups in total. The van der Waals surface area contributed by atoms with Gasteiger partial charge in [-0.05, 0) is 42.7 Å². The third kappa shape index (κ3) is 6.90. The van der Waals surface area contributed by atoms with E-state index in [1.165, 1.54) is 17.0 Å². The van der Waals surface area contributed by atoms with Crippen molar-refractivity contribution in [3.8, 4) is 0 Å². The van der Waals surface area contributed by atoms with Gasteiger partial charge in [-0.15, -0.1) is 0 Å². The molecule has 2 aromatic rings.